The number of methoxy groups -OCH3 is 1. The molecular formula is C12H17BrFNO. The van der Waals surface area contributed by atoms with E-state index >= 15 is 0 Å². The Morgan fingerprint density at radius 3 is 2.69 bits per heavy atom. The first-order chi connectivity index (χ1) is 7.36. The molecule has 0 fully saturated rings. The zero-order valence-electron chi connectivity index (χ0n) is 9.76. The van der Waals surface area contributed by atoms with Crippen molar-refractivity contribution in [2.24, 2.45) is 5.73 Å². The fourth-order valence-electron chi connectivity index (χ4n) is 1.33. The summed E-state index contributed by atoms with van der Waals surface area (Å²) in [5.74, 6) is -0.249. The Hall–Kier alpha value is -0.450. The van der Waals surface area contributed by atoms with Crippen LogP contribution in [-0.4, -0.2) is 18.8 Å². The van der Waals surface area contributed by atoms with Gasteiger partial charge in [-0.05, 0) is 44.0 Å². The van der Waals surface area contributed by atoms with E-state index in [0.29, 0.717) is 6.42 Å². The van der Waals surface area contributed by atoms with E-state index in [-0.39, 0.29) is 11.9 Å². The fourth-order valence-corrected chi connectivity index (χ4v) is 1.74. The maximum Gasteiger partial charge on any atom is 0.123 e. The number of halogens is 2. The van der Waals surface area contributed by atoms with Crippen LogP contribution in [0.15, 0.2) is 22.7 Å². The van der Waals surface area contributed by atoms with Crippen molar-refractivity contribution in [3.63, 3.8) is 0 Å². The Morgan fingerprint density at radius 1 is 1.50 bits per heavy atom. The second-order valence-corrected chi connectivity index (χ2v) is 5.21. The summed E-state index contributed by atoms with van der Waals surface area (Å²) in [6.07, 6.45) is 0.569. The van der Waals surface area contributed by atoms with Crippen LogP contribution < -0.4 is 5.73 Å². The van der Waals surface area contributed by atoms with E-state index in [2.05, 4.69) is 15.9 Å². The van der Waals surface area contributed by atoms with Crippen LogP contribution in [0.4, 0.5) is 4.39 Å². The van der Waals surface area contributed by atoms with Crippen molar-refractivity contribution < 1.29 is 9.13 Å². The van der Waals surface area contributed by atoms with Crippen LogP contribution in [0.1, 0.15) is 19.4 Å². The molecule has 1 atom stereocenters. The predicted octanol–water partition coefficient (Wildman–Crippen LogP) is 2.88. The summed E-state index contributed by atoms with van der Waals surface area (Å²) in [5, 5.41) is 0. The van der Waals surface area contributed by atoms with E-state index in [9.17, 15) is 4.39 Å². The van der Waals surface area contributed by atoms with E-state index in [1.807, 2.05) is 13.8 Å². The van der Waals surface area contributed by atoms with Gasteiger partial charge in [0, 0.05) is 17.6 Å². The molecule has 1 rings (SSSR count). The van der Waals surface area contributed by atoms with Gasteiger partial charge in [0.15, 0.2) is 0 Å². The molecule has 0 aliphatic rings. The molecule has 1 aromatic rings. The molecule has 0 saturated carbocycles. The van der Waals surface area contributed by atoms with Gasteiger partial charge in [-0.1, -0.05) is 15.9 Å². The minimum atomic E-state index is -0.425. The van der Waals surface area contributed by atoms with Crippen LogP contribution in [0.5, 0.6) is 0 Å². The third-order valence-electron chi connectivity index (χ3n) is 2.87. The van der Waals surface area contributed by atoms with Crippen LogP contribution >= 0.6 is 15.9 Å². The third kappa shape index (κ3) is 3.27. The highest BCUT2D eigenvalue weighted by Crippen LogP contribution is 2.22. The molecule has 0 aromatic heterocycles. The van der Waals surface area contributed by atoms with Crippen molar-refractivity contribution in [1.82, 2.24) is 0 Å². The minimum absolute atomic E-state index is 0.185. The molecule has 2 N–H and O–H groups in total. The monoisotopic (exact) mass is 289 g/mol. The molecule has 0 radical (unpaired) electrons. The lowest BCUT2D eigenvalue weighted by Crippen LogP contribution is -2.46. The minimum Gasteiger partial charge on any atom is -0.377 e. The van der Waals surface area contributed by atoms with Crippen molar-refractivity contribution >= 4 is 15.9 Å². The highest BCUT2D eigenvalue weighted by Gasteiger charge is 2.26. The van der Waals surface area contributed by atoms with Crippen LogP contribution in [-0.2, 0) is 11.2 Å². The largest absolute Gasteiger partial charge is 0.377 e. The molecule has 2 nitrogen and oxygen atoms in total. The molecule has 0 aliphatic heterocycles. The molecule has 0 spiro atoms. The van der Waals surface area contributed by atoms with Gasteiger partial charge in [0.2, 0.25) is 0 Å². The number of hydrogen-bond donors (Lipinski definition) is 1. The van der Waals surface area contributed by atoms with E-state index < -0.39 is 5.60 Å². The van der Waals surface area contributed by atoms with E-state index in [1.165, 1.54) is 12.1 Å². The van der Waals surface area contributed by atoms with Crippen LogP contribution in [0, 0.1) is 5.82 Å². The summed E-state index contributed by atoms with van der Waals surface area (Å²) >= 11 is 3.38. The molecule has 90 valence electrons. The van der Waals surface area contributed by atoms with Crippen molar-refractivity contribution in [2.75, 3.05) is 7.11 Å². The Bertz CT molecular complexity index is 368. The lowest BCUT2D eigenvalue weighted by Gasteiger charge is -2.30. The van der Waals surface area contributed by atoms with Gasteiger partial charge in [-0.15, -0.1) is 0 Å². The molecule has 0 amide bonds. The van der Waals surface area contributed by atoms with Crippen molar-refractivity contribution in [3.8, 4) is 0 Å². The van der Waals surface area contributed by atoms with Crippen LogP contribution in [0.3, 0.4) is 0 Å². The highest BCUT2D eigenvalue weighted by molar-refractivity contribution is 9.10. The SMILES string of the molecule is COC(C)(C)C(N)Cc1cc(F)ccc1Br. The maximum atomic E-state index is 13.1. The lowest BCUT2D eigenvalue weighted by molar-refractivity contribution is 0.000753. The zero-order chi connectivity index (χ0) is 12.3. The average Bonchev–Trinajstić information content (AvgIpc) is 2.23. The summed E-state index contributed by atoms with van der Waals surface area (Å²) in [5.41, 5.74) is 6.48. The first kappa shape index (κ1) is 13.6. The number of nitrogens with two attached hydrogens (primary N) is 1. The quantitative estimate of drug-likeness (QED) is 0.925. The zero-order valence-corrected chi connectivity index (χ0v) is 11.3. The summed E-state index contributed by atoms with van der Waals surface area (Å²) < 4.78 is 19.3. The average molecular weight is 290 g/mol. The van der Waals surface area contributed by atoms with Gasteiger partial charge in [-0.3, -0.25) is 0 Å². The first-order valence-electron chi connectivity index (χ1n) is 5.11. The number of ether oxygens (including phenoxy) is 1. The van der Waals surface area contributed by atoms with Gasteiger partial charge in [0.25, 0.3) is 0 Å². The standard InChI is InChI=1S/C12H17BrFNO/c1-12(2,16-3)11(15)7-8-6-9(14)4-5-10(8)13/h4-6,11H,7,15H2,1-3H3. The number of hydrogen-bond acceptors (Lipinski definition) is 2. The van der Waals surface area contributed by atoms with Crippen molar-refractivity contribution in [1.29, 1.82) is 0 Å². The Labute approximate surface area is 104 Å². The first-order valence-corrected chi connectivity index (χ1v) is 5.91. The number of rotatable bonds is 4. The summed E-state index contributed by atoms with van der Waals surface area (Å²) in [6.45, 7) is 3.84. The smallest absolute Gasteiger partial charge is 0.123 e. The van der Waals surface area contributed by atoms with E-state index in [1.54, 1.807) is 13.2 Å². The molecule has 1 unspecified atom stereocenters. The molecule has 16 heavy (non-hydrogen) atoms. The molecule has 0 heterocycles. The van der Waals surface area contributed by atoms with Gasteiger partial charge < -0.3 is 10.5 Å². The van der Waals surface area contributed by atoms with Crippen LogP contribution in [0.2, 0.25) is 0 Å². The molecule has 0 bridgehead atoms. The second-order valence-electron chi connectivity index (χ2n) is 4.35. The molecule has 1 aromatic carbocycles. The fraction of sp³-hybridized carbons (Fsp3) is 0.500. The normalized spacial score (nSPS) is 13.9. The number of benzene rings is 1. The van der Waals surface area contributed by atoms with Gasteiger partial charge in [-0.25, -0.2) is 4.39 Å². The molecule has 0 saturated heterocycles. The van der Waals surface area contributed by atoms with Crippen molar-refractivity contribution in [2.45, 2.75) is 31.9 Å². The summed E-state index contributed by atoms with van der Waals surface area (Å²) in [6, 6.07) is 4.42. The Morgan fingerprint density at radius 2 is 2.12 bits per heavy atom. The maximum absolute atomic E-state index is 13.1. The molecule has 0 aliphatic carbocycles. The second kappa shape index (κ2) is 5.25. The lowest BCUT2D eigenvalue weighted by atomic mass is 9.93. The topological polar surface area (TPSA) is 35.2 Å². The Kier molecular flexibility index (Phi) is 4.47. The van der Waals surface area contributed by atoms with Gasteiger partial charge >= 0.3 is 0 Å². The van der Waals surface area contributed by atoms with E-state index in [0.717, 1.165) is 10.0 Å². The van der Waals surface area contributed by atoms with E-state index in [4.69, 9.17) is 10.5 Å². The third-order valence-corrected chi connectivity index (χ3v) is 3.64. The van der Waals surface area contributed by atoms with Gasteiger partial charge in [0.1, 0.15) is 5.82 Å². The molecule has 4 heteroatoms. The van der Waals surface area contributed by atoms with Crippen LogP contribution in [0.25, 0.3) is 0 Å². The predicted molar refractivity (Wildman–Crippen MR) is 66.9 cm³/mol. The Balaban J connectivity index is 2.84. The van der Waals surface area contributed by atoms with Gasteiger partial charge in [0.05, 0.1) is 5.60 Å². The summed E-state index contributed by atoms with van der Waals surface area (Å²) in [7, 11) is 1.63. The highest BCUT2D eigenvalue weighted by atomic mass is 79.9. The molecular weight excluding hydrogens is 273 g/mol. The summed E-state index contributed by atoms with van der Waals surface area (Å²) in [4.78, 5) is 0. The van der Waals surface area contributed by atoms with Crippen molar-refractivity contribution in [3.05, 3.63) is 34.1 Å². The van der Waals surface area contributed by atoms with Gasteiger partial charge in [-0.2, -0.15) is 0 Å².